The van der Waals surface area contributed by atoms with Crippen molar-refractivity contribution >= 4 is 46.4 Å². The first-order valence-electron chi connectivity index (χ1n) is 11.1. The van der Waals surface area contributed by atoms with Crippen LogP contribution in [0, 0.1) is 0 Å². The fraction of sp³-hybridized carbons (Fsp3) is 0.333. The highest BCUT2D eigenvalue weighted by atomic mass is 35.5. The molecule has 0 aliphatic carbocycles. The lowest BCUT2D eigenvalue weighted by molar-refractivity contribution is -0.136. The van der Waals surface area contributed by atoms with E-state index >= 15 is 0 Å². The number of hydrogen-bond acceptors (Lipinski definition) is 8. The van der Waals surface area contributed by atoms with Crippen molar-refractivity contribution < 1.29 is 19.1 Å². The number of amidine groups is 1. The number of pyridine rings is 1. The van der Waals surface area contributed by atoms with Gasteiger partial charge in [0.2, 0.25) is 11.8 Å². The normalized spacial score (nSPS) is 15.2. The number of nitrogens with zero attached hydrogens (tertiary/aromatic N) is 5. The number of fused-ring (bicyclic) bond motifs is 1. The van der Waals surface area contributed by atoms with E-state index in [0.717, 1.165) is 5.69 Å². The smallest absolute Gasteiger partial charge is 0.246 e. The Labute approximate surface area is 208 Å². The van der Waals surface area contributed by atoms with Gasteiger partial charge in [-0.1, -0.05) is 18.2 Å². The van der Waals surface area contributed by atoms with Gasteiger partial charge in [-0.25, -0.2) is 9.98 Å². The number of nitrogens with one attached hydrogen (secondary N) is 1. The van der Waals surface area contributed by atoms with Gasteiger partial charge in [0, 0.05) is 50.1 Å². The quantitative estimate of drug-likeness (QED) is 0.482. The number of piperazine rings is 1. The van der Waals surface area contributed by atoms with Crippen molar-refractivity contribution in [3.63, 3.8) is 0 Å². The third-order valence-electron chi connectivity index (χ3n) is 5.80. The number of ether oxygens (including phenoxy) is 2. The fourth-order valence-corrected chi connectivity index (χ4v) is 4.13. The molecule has 0 bridgehead atoms. The number of methoxy groups -OCH3 is 2. The minimum atomic E-state index is -0.123. The van der Waals surface area contributed by atoms with Gasteiger partial charge in [0.1, 0.15) is 28.2 Å². The summed E-state index contributed by atoms with van der Waals surface area (Å²) < 4.78 is 10.7. The van der Waals surface area contributed by atoms with E-state index in [1.165, 1.54) is 6.08 Å². The number of amides is 2. The van der Waals surface area contributed by atoms with Crippen molar-refractivity contribution in [2.45, 2.75) is 0 Å². The lowest BCUT2D eigenvalue weighted by Crippen LogP contribution is -2.53. The predicted octanol–water partition coefficient (Wildman–Crippen LogP) is 2.57. The molecule has 1 aromatic heterocycles. The number of aliphatic imine (C=N–C) groups is 1. The number of carbonyl (C=O) groups excluding carboxylic acids is 2. The summed E-state index contributed by atoms with van der Waals surface area (Å²) in [5.41, 5.74) is 1.34. The summed E-state index contributed by atoms with van der Waals surface area (Å²) in [5.74, 6) is 2.26. The van der Waals surface area contributed by atoms with Crippen LogP contribution in [0.25, 0.3) is 0 Å². The number of hydrogen-bond donors (Lipinski definition) is 1. The summed E-state index contributed by atoms with van der Waals surface area (Å²) in [6.07, 6.45) is 1.29. The van der Waals surface area contributed by atoms with Gasteiger partial charge in [0.15, 0.2) is 5.82 Å². The van der Waals surface area contributed by atoms with Crippen molar-refractivity contribution in [1.82, 2.24) is 14.8 Å². The van der Waals surface area contributed by atoms with Crippen LogP contribution in [-0.2, 0) is 9.59 Å². The minimum absolute atomic E-state index is 0.0623. The van der Waals surface area contributed by atoms with E-state index in [0.29, 0.717) is 66.7 Å². The molecule has 11 heteroatoms. The Bertz CT molecular complexity index is 1140. The van der Waals surface area contributed by atoms with Gasteiger partial charge in [0.25, 0.3) is 0 Å². The van der Waals surface area contributed by atoms with Gasteiger partial charge in [-0.3, -0.25) is 9.59 Å². The lowest BCUT2D eigenvalue weighted by atomic mass is 10.2. The van der Waals surface area contributed by atoms with E-state index in [-0.39, 0.29) is 18.4 Å². The topological polar surface area (TPSA) is 99.6 Å². The lowest BCUT2D eigenvalue weighted by Gasteiger charge is -2.36. The molecule has 0 radical (unpaired) electrons. The minimum Gasteiger partial charge on any atom is -0.497 e. The first-order chi connectivity index (χ1) is 16.9. The van der Waals surface area contributed by atoms with Crippen LogP contribution in [0.3, 0.4) is 0 Å². The van der Waals surface area contributed by atoms with Gasteiger partial charge in [0.05, 0.1) is 27.3 Å². The monoisotopic (exact) mass is 498 g/mol. The summed E-state index contributed by atoms with van der Waals surface area (Å²) in [4.78, 5) is 39.4. The molecule has 1 fully saturated rings. The molecule has 35 heavy (non-hydrogen) atoms. The van der Waals surface area contributed by atoms with E-state index in [1.807, 2.05) is 17.0 Å². The molecule has 1 aromatic carbocycles. The summed E-state index contributed by atoms with van der Waals surface area (Å²) in [7, 11) is 3.17. The predicted molar refractivity (Wildman–Crippen MR) is 135 cm³/mol. The molecule has 3 heterocycles. The van der Waals surface area contributed by atoms with Crippen molar-refractivity contribution in [3.05, 3.63) is 48.1 Å². The molecular weight excluding hydrogens is 472 g/mol. The average molecular weight is 499 g/mol. The van der Waals surface area contributed by atoms with Crippen molar-refractivity contribution in [2.75, 3.05) is 63.7 Å². The molecule has 0 saturated carbocycles. The molecule has 2 aromatic rings. The molecular formula is C24H27ClN6O4. The summed E-state index contributed by atoms with van der Waals surface area (Å²) in [5, 5.41) is 3.62. The maximum absolute atomic E-state index is 13.1. The highest BCUT2D eigenvalue weighted by molar-refractivity contribution is 6.29. The van der Waals surface area contributed by atoms with Crippen LogP contribution in [0.1, 0.15) is 0 Å². The maximum atomic E-state index is 13.1. The number of rotatable bonds is 6. The zero-order valence-corrected chi connectivity index (χ0v) is 20.4. The van der Waals surface area contributed by atoms with E-state index in [9.17, 15) is 9.59 Å². The third kappa shape index (κ3) is 5.65. The van der Waals surface area contributed by atoms with Crippen molar-refractivity contribution in [1.29, 1.82) is 0 Å². The number of anilines is 2. The molecule has 0 spiro atoms. The van der Waals surface area contributed by atoms with Crippen LogP contribution < -0.4 is 19.7 Å². The first kappa shape index (κ1) is 24.3. The van der Waals surface area contributed by atoms with Crippen LogP contribution in [-0.4, -0.2) is 85.9 Å². The van der Waals surface area contributed by atoms with E-state index in [1.54, 1.807) is 42.2 Å². The second-order valence-electron chi connectivity index (χ2n) is 8.03. The van der Waals surface area contributed by atoms with E-state index in [4.69, 9.17) is 21.1 Å². The molecule has 2 amide bonds. The molecule has 184 valence electrons. The molecule has 1 N–H and O–H groups in total. The maximum Gasteiger partial charge on any atom is 0.246 e. The Balaban J connectivity index is 1.51. The van der Waals surface area contributed by atoms with Crippen LogP contribution >= 0.6 is 11.6 Å². The van der Waals surface area contributed by atoms with Gasteiger partial charge in [-0.05, 0) is 18.2 Å². The highest BCUT2D eigenvalue weighted by Gasteiger charge is 2.28. The summed E-state index contributed by atoms with van der Waals surface area (Å²) in [6, 6.07) is 8.88. The van der Waals surface area contributed by atoms with Crippen LogP contribution in [0.15, 0.2) is 48.0 Å². The fourth-order valence-electron chi connectivity index (χ4n) is 3.99. The van der Waals surface area contributed by atoms with Gasteiger partial charge >= 0.3 is 0 Å². The Morgan fingerprint density at radius 3 is 2.37 bits per heavy atom. The Morgan fingerprint density at radius 1 is 1.09 bits per heavy atom. The van der Waals surface area contributed by atoms with Gasteiger partial charge in [-0.15, -0.1) is 0 Å². The first-order valence-corrected chi connectivity index (χ1v) is 11.5. The Hall–Kier alpha value is -3.79. The van der Waals surface area contributed by atoms with Crippen LogP contribution in [0.5, 0.6) is 11.5 Å². The van der Waals surface area contributed by atoms with Gasteiger partial charge in [-0.2, -0.15) is 0 Å². The van der Waals surface area contributed by atoms with Crippen molar-refractivity contribution in [3.8, 4) is 11.5 Å². The number of aromatic nitrogens is 1. The van der Waals surface area contributed by atoms with Crippen LogP contribution in [0.4, 0.5) is 17.2 Å². The zero-order valence-electron chi connectivity index (χ0n) is 19.7. The molecule has 0 unspecified atom stereocenters. The van der Waals surface area contributed by atoms with Gasteiger partial charge < -0.3 is 29.5 Å². The second-order valence-corrected chi connectivity index (χ2v) is 8.42. The summed E-state index contributed by atoms with van der Waals surface area (Å²) in [6.45, 7) is 5.82. The second kappa shape index (κ2) is 10.6. The number of benzene rings is 1. The molecule has 4 rings (SSSR count). The average Bonchev–Trinajstić information content (AvgIpc) is 2.88. The standard InChI is InChI=1S/C24H27ClN6O4/c1-4-22(32)29-7-9-30(10-8-29)23(33)15-31-14-21(27-19-5-6-20(25)28-24(19)31)26-16-11-17(34-2)13-18(12-16)35-3/h4-6,11-13H,1,7-10,14-15H2,2-3H3,(H,26,27). The van der Waals surface area contributed by atoms with Crippen LogP contribution in [0.2, 0.25) is 5.15 Å². The summed E-state index contributed by atoms with van der Waals surface area (Å²) >= 11 is 6.15. The van der Waals surface area contributed by atoms with E-state index < -0.39 is 0 Å². The van der Waals surface area contributed by atoms with Crippen molar-refractivity contribution in [2.24, 2.45) is 4.99 Å². The molecule has 10 nitrogen and oxygen atoms in total. The third-order valence-corrected chi connectivity index (χ3v) is 6.01. The molecule has 2 aliphatic rings. The SMILES string of the molecule is C=CC(=O)N1CCN(C(=O)CN2CC(Nc3cc(OC)cc(OC)c3)=Nc3ccc(Cl)nc32)CC1. The zero-order chi connectivity index (χ0) is 24.9. The number of carbonyl (C=O) groups is 2. The largest absolute Gasteiger partial charge is 0.497 e. The molecule has 0 atom stereocenters. The number of halogens is 1. The molecule has 2 aliphatic heterocycles. The van der Waals surface area contributed by atoms with E-state index in [2.05, 4.69) is 21.9 Å². The Morgan fingerprint density at radius 2 is 1.74 bits per heavy atom. The Kier molecular flexibility index (Phi) is 7.40. The molecule has 1 saturated heterocycles. The highest BCUT2D eigenvalue weighted by Crippen LogP contribution is 2.33.